The molecule has 0 aromatic carbocycles. The van der Waals surface area contributed by atoms with Crippen molar-refractivity contribution in [1.29, 1.82) is 21.0 Å². The molecule has 11 heavy (non-hydrogen) atoms. The lowest BCUT2D eigenvalue weighted by Crippen LogP contribution is -1.70. The predicted octanol–water partition coefficient (Wildman–Crippen LogP) is 0.532. The van der Waals surface area contributed by atoms with E-state index in [9.17, 15) is 0 Å². The molecule has 0 unspecified atom stereocenters. The molecule has 0 aliphatic heterocycles. The fourth-order valence-electron chi connectivity index (χ4n) is 0.287. The molecule has 0 aromatic heterocycles. The smallest absolute Gasteiger partial charge is 0.173 e. The summed E-state index contributed by atoms with van der Waals surface area (Å²) in [5.41, 5.74) is 1.30. The molecular weight excluding hydrogens is 140 g/mol. The largest absolute Gasteiger partial charge is 0.191 e. The zero-order chi connectivity index (χ0) is 8.69. The number of hydrogen-bond acceptors (Lipinski definition) is 4. The fourth-order valence-corrected chi connectivity index (χ4v) is 0.287. The number of nitrogens with zero attached hydrogens (tertiary/aromatic N) is 4. The minimum atomic E-state index is -0.372. The standard InChI is InChI=1S/C7N4/c8-2-6(3-9)1-7(4-10)5-11. The molecule has 0 aromatic rings. The molecule has 0 fully saturated rings. The van der Waals surface area contributed by atoms with Gasteiger partial charge in [0.1, 0.15) is 24.3 Å². The monoisotopic (exact) mass is 140 g/mol. The van der Waals surface area contributed by atoms with Crippen LogP contribution in [0.1, 0.15) is 0 Å². The van der Waals surface area contributed by atoms with Crippen LogP contribution in [0.5, 0.6) is 0 Å². The van der Waals surface area contributed by atoms with E-state index in [1.807, 2.05) is 5.73 Å². The molecule has 0 saturated carbocycles. The summed E-state index contributed by atoms with van der Waals surface area (Å²) in [5, 5.41) is 32.6. The van der Waals surface area contributed by atoms with Crippen LogP contribution in [0.4, 0.5) is 0 Å². The van der Waals surface area contributed by atoms with Crippen LogP contribution >= 0.6 is 0 Å². The summed E-state index contributed by atoms with van der Waals surface area (Å²) < 4.78 is 0. The second-order valence-corrected chi connectivity index (χ2v) is 1.32. The first-order valence-electron chi connectivity index (χ1n) is 2.39. The van der Waals surface area contributed by atoms with Gasteiger partial charge in [-0.2, -0.15) is 21.0 Å². The van der Waals surface area contributed by atoms with Gasteiger partial charge in [-0.1, -0.05) is 5.73 Å². The number of allylic oxidation sites excluding steroid dienone is 1. The van der Waals surface area contributed by atoms with Crippen molar-refractivity contribution in [2.75, 3.05) is 0 Å². The second-order valence-electron chi connectivity index (χ2n) is 1.32. The van der Waals surface area contributed by atoms with Crippen molar-refractivity contribution in [1.82, 2.24) is 0 Å². The van der Waals surface area contributed by atoms with Gasteiger partial charge in [-0.05, 0) is 0 Å². The van der Waals surface area contributed by atoms with Crippen LogP contribution in [-0.2, 0) is 0 Å². The summed E-state index contributed by atoms with van der Waals surface area (Å²) in [6.45, 7) is 0. The van der Waals surface area contributed by atoms with Gasteiger partial charge in [0.2, 0.25) is 0 Å². The van der Waals surface area contributed by atoms with Crippen molar-refractivity contribution >= 4 is 0 Å². The fraction of sp³-hybridized carbons (Fsp3) is 0. The zero-order valence-corrected chi connectivity index (χ0v) is 5.29. The maximum atomic E-state index is 8.16. The molecule has 0 aliphatic rings. The Morgan fingerprint density at radius 2 is 0.909 bits per heavy atom. The average molecular weight is 140 g/mol. The maximum absolute atomic E-state index is 8.16. The van der Waals surface area contributed by atoms with Gasteiger partial charge in [0.15, 0.2) is 11.1 Å². The molecule has 0 amide bonds. The van der Waals surface area contributed by atoms with E-state index < -0.39 is 0 Å². The highest BCUT2D eigenvalue weighted by Crippen LogP contribution is 1.90. The molecule has 0 heterocycles. The van der Waals surface area contributed by atoms with Crippen LogP contribution in [0.3, 0.4) is 0 Å². The number of hydrogen-bond donors (Lipinski definition) is 0. The van der Waals surface area contributed by atoms with Crippen LogP contribution in [0.25, 0.3) is 0 Å². The SMILES string of the molecule is N#CC(=C=C(C#N)C#N)C#N. The highest BCUT2D eigenvalue weighted by molar-refractivity contribution is 5.43. The van der Waals surface area contributed by atoms with Gasteiger partial charge in [-0.15, -0.1) is 0 Å². The molecular formula is C7N4. The summed E-state index contributed by atoms with van der Waals surface area (Å²) in [6.07, 6.45) is 0. The van der Waals surface area contributed by atoms with E-state index in [1.165, 1.54) is 24.3 Å². The summed E-state index contributed by atoms with van der Waals surface area (Å²) in [4.78, 5) is 0. The summed E-state index contributed by atoms with van der Waals surface area (Å²) in [5.74, 6) is 0. The van der Waals surface area contributed by atoms with E-state index in [0.717, 1.165) is 0 Å². The normalized spacial score (nSPS) is 5.45. The topological polar surface area (TPSA) is 95.2 Å². The Labute approximate surface area is 63.1 Å². The Morgan fingerprint density at radius 1 is 0.636 bits per heavy atom. The third kappa shape index (κ3) is 2.50. The van der Waals surface area contributed by atoms with Gasteiger partial charge >= 0.3 is 0 Å². The Hall–Kier alpha value is -2.52. The first kappa shape index (κ1) is 8.48. The maximum Gasteiger partial charge on any atom is 0.173 e. The van der Waals surface area contributed by atoms with Crippen LogP contribution in [0, 0.1) is 45.3 Å². The van der Waals surface area contributed by atoms with E-state index in [0.29, 0.717) is 0 Å². The highest BCUT2D eigenvalue weighted by Gasteiger charge is 1.91. The lowest BCUT2D eigenvalue weighted by atomic mass is 10.2. The summed E-state index contributed by atoms with van der Waals surface area (Å²) in [7, 11) is 0. The van der Waals surface area contributed by atoms with Crippen LogP contribution < -0.4 is 0 Å². The van der Waals surface area contributed by atoms with Gasteiger partial charge in [0.25, 0.3) is 0 Å². The van der Waals surface area contributed by atoms with Crippen molar-refractivity contribution in [3.8, 4) is 24.3 Å². The molecule has 0 bridgehead atoms. The van der Waals surface area contributed by atoms with Crippen molar-refractivity contribution < 1.29 is 0 Å². The molecule has 48 valence electrons. The average Bonchev–Trinajstić information content (AvgIpc) is 2.07. The second kappa shape index (κ2) is 4.37. The molecule has 4 heteroatoms. The van der Waals surface area contributed by atoms with Gasteiger partial charge in [0.05, 0.1) is 0 Å². The Kier molecular flexibility index (Phi) is 3.37. The lowest BCUT2D eigenvalue weighted by Gasteiger charge is -1.69. The van der Waals surface area contributed by atoms with E-state index in [1.54, 1.807) is 0 Å². The van der Waals surface area contributed by atoms with E-state index in [-0.39, 0.29) is 11.1 Å². The van der Waals surface area contributed by atoms with Gasteiger partial charge in [0, 0.05) is 0 Å². The Balaban J connectivity index is 5.31. The Morgan fingerprint density at radius 3 is 1.09 bits per heavy atom. The molecule has 0 rings (SSSR count). The molecule has 0 N–H and O–H groups in total. The minimum Gasteiger partial charge on any atom is -0.191 e. The van der Waals surface area contributed by atoms with Crippen LogP contribution in [0.15, 0.2) is 16.9 Å². The number of rotatable bonds is 0. The summed E-state index contributed by atoms with van der Waals surface area (Å²) >= 11 is 0. The quantitative estimate of drug-likeness (QED) is 0.362. The first-order valence-corrected chi connectivity index (χ1v) is 2.39. The van der Waals surface area contributed by atoms with Crippen LogP contribution in [0.2, 0.25) is 0 Å². The van der Waals surface area contributed by atoms with Crippen molar-refractivity contribution in [3.05, 3.63) is 16.9 Å². The predicted molar refractivity (Wildman–Crippen MR) is 33.0 cm³/mol. The van der Waals surface area contributed by atoms with E-state index in [2.05, 4.69) is 0 Å². The molecule has 4 nitrogen and oxygen atoms in total. The summed E-state index contributed by atoms with van der Waals surface area (Å²) in [6, 6.07) is 5.89. The first-order chi connectivity index (χ1) is 5.28. The van der Waals surface area contributed by atoms with Crippen LogP contribution in [-0.4, -0.2) is 0 Å². The van der Waals surface area contributed by atoms with E-state index >= 15 is 0 Å². The van der Waals surface area contributed by atoms with Gasteiger partial charge in [-0.25, -0.2) is 0 Å². The molecule has 0 aliphatic carbocycles. The van der Waals surface area contributed by atoms with Crippen molar-refractivity contribution in [2.24, 2.45) is 0 Å². The molecule has 0 atom stereocenters. The van der Waals surface area contributed by atoms with Crippen molar-refractivity contribution in [3.63, 3.8) is 0 Å². The molecule has 0 saturated heterocycles. The third-order valence-corrected chi connectivity index (χ3v) is 0.697. The minimum absolute atomic E-state index is 0.372. The van der Waals surface area contributed by atoms with E-state index in [4.69, 9.17) is 21.0 Å². The number of nitriles is 4. The van der Waals surface area contributed by atoms with Gasteiger partial charge in [-0.3, -0.25) is 0 Å². The zero-order valence-electron chi connectivity index (χ0n) is 5.29. The Bertz CT molecular complexity index is 314. The van der Waals surface area contributed by atoms with Crippen molar-refractivity contribution in [2.45, 2.75) is 0 Å². The van der Waals surface area contributed by atoms with Gasteiger partial charge < -0.3 is 0 Å². The highest BCUT2D eigenvalue weighted by atomic mass is 14.3. The third-order valence-electron chi connectivity index (χ3n) is 0.697. The molecule has 0 spiro atoms. The lowest BCUT2D eigenvalue weighted by molar-refractivity contribution is 1.45. The molecule has 0 radical (unpaired) electrons.